The monoisotopic (exact) mass is 379 g/mol. The summed E-state index contributed by atoms with van der Waals surface area (Å²) in [4.78, 5) is 17.0. The lowest BCUT2D eigenvalue weighted by molar-refractivity contribution is -0.127. The molecule has 1 amide bonds. The molecule has 6 heteroatoms. The van der Waals surface area contributed by atoms with Crippen LogP contribution in [0.5, 0.6) is 5.75 Å². The Kier molecular flexibility index (Phi) is 4.81. The van der Waals surface area contributed by atoms with Gasteiger partial charge < -0.3 is 19.4 Å². The zero-order valence-corrected chi connectivity index (χ0v) is 16.4. The third kappa shape index (κ3) is 3.73. The van der Waals surface area contributed by atoms with Gasteiger partial charge in [-0.3, -0.25) is 4.79 Å². The number of imidazole rings is 1. The molecular weight excluding hydrogens is 354 g/mol. The molecule has 146 valence electrons. The zero-order chi connectivity index (χ0) is 19.7. The van der Waals surface area contributed by atoms with Crippen LogP contribution in [0, 0.1) is 0 Å². The largest absolute Gasteiger partial charge is 0.487 e. The molecule has 0 bridgehead atoms. The van der Waals surface area contributed by atoms with Crippen molar-refractivity contribution in [3.63, 3.8) is 0 Å². The number of carbonyl (C=O) groups excluding carboxylic acids is 1. The first-order valence-electron chi connectivity index (χ1n) is 9.48. The van der Waals surface area contributed by atoms with E-state index in [9.17, 15) is 4.79 Å². The highest BCUT2D eigenvalue weighted by atomic mass is 16.5. The molecule has 0 aliphatic carbocycles. The first-order chi connectivity index (χ1) is 13.4. The minimum absolute atomic E-state index is 0.0108. The van der Waals surface area contributed by atoms with Crippen molar-refractivity contribution in [3.05, 3.63) is 59.9 Å². The molecule has 28 heavy (non-hydrogen) atoms. The van der Waals surface area contributed by atoms with Gasteiger partial charge in [0.25, 0.3) is 0 Å². The van der Waals surface area contributed by atoms with E-state index in [4.69, 9.17) is 9.47 Å². The van der Waals surface area contributed by atoms with Crippen LogP contribution in [0.2, 0.25) is 0 Å². The summed E-state index contributed by atoms with van der Waals surface area (Å²) >= 11 is 0. The van der Waals surface area contributed by atoms with E-state index in [2.05, 4.69) is 10.3 Å². The van der Waals surface area contributed by atoms with E-state index in [0.717, 1.165) is 28.2 Å². The predicted molar refractivity (Wildman–Crippen MR) is 107 cm³/mol. The number of rotatable bonds is 5. The van der Waals surface area contributed by atoms with Gasteiger partial charge in [-0.25, -0.2) is 4.98 Å². The molecule has 4 rings (SSSR count). The Balaban J connectivity index is 1.37. The smallest absolute Gasteiger partial charge is 0.246 e. The van der Waals surface area contributed by atoms with Crippen molar-refractivity contribution < 1.29 is 14.3 Å². The van der Waals surface area contributed by atoms with Gasteiger partial charge in [-0.2, -0.15) is 0 Å². The van der Waals surface area contributed by atoms with Crippen molar-refractivity contribution in [2.24, 2.45) is 7.05 Å². The number of fused-ring (bicyclic) bond motifs is 2. The Hall–Kier alpha value is -2.86. The van der Waals surface area contributed by atoms with E-state index >= 15 is 0 Å². The first kappa shape index (κ1) is 18.5. The second kappa shape index (κ2) is 7.28. The molecule has 1 aromatic heterocycles. The number of nitrogens with one attached hydrogen (secondary N) is 1. The predicted octanol–water partition coefficient (Wildman–Crippen LogP) is 3.51. The summed E-state index contributed by atoms with van der Waals surface area (Å²) < 4.78 is 13.7. The van der Waals surface area contributed by atoms with Crippen LogP contribution in [0.4, 0.5) is 0 Å². The number of ether oxygens (including phenoxy) is 2. The Morgan fingerprint density at radius 1 is 1.25 bits per heavy atom. The average molecular weight is 379 g/mol. The number of aryl methyl sites for hydroxylation is 1. The summed E-state index contributed by atoms with van der Waals surface area (Å²) in [6.45, 7) is 4.34. The quantitative estimate of drug-likeness (QED) is 0.737. The number of benzene rings is 2. The number of carbonyl (C=O) groups is 1. The number of aromatic nitrogens is 2. The van der Waals surface area contributed by atoms with Crippen LogP contribution in [-0.2, 0) is 23.2 Å². The molecule has 0 radical (unpaired) electrons. The fourth-order valence-corrected chi connectivity index (χ4v) is 3.73. The van der Waals surface area contributed by atoms with Crippen LogP contribution in [0.15, 0.2) is 48.5 Å². The van der Waals surface area contributed by atoms with Crippen molar-refractivity contribution in [1.82, 2.24) is 14.9 Å². The highest BCUT2D eigenvalue weighted by Gasteiger charge is 2.34. The lowest BCUT2D eigenvalue weighted by Gasteiger charge is -2.37. The first-order valence-corrected chi connectivity index (χ1v) is 9.48. The fourth-order valence-electron chi connectivity index (χ4n) is 3.73. The van der Waals surface area contributed by atoms with E-state index < -0.39 is 0 Å². The Morgan fingerprint density at radius 2 is 2.00 bits per heavy atom. The van der Waals surface area contributed by atoms with E-state index in [1.54, 1.807) is 0 Å². The maximum atomic E-state index is 12.5. The molecule has 1 N–H and O–H groups in total. The van der Waals surface area contributed by atoms with Gasteiger partial charge in [0.2, 0.25) is 5.91 Å². The van der Waals surface area contributed by atoms with Gasteiger partial charge >= 0.3 is 0 Å². The van der Waals surface area contributed by atoms with Crippen LogP contribution >= 0.6 is 0 Å². The summed E-state index contributed by atoms with van der Waals surface area (Å²) in [7, 11) is 1.95. The van der Waals surface area contributed by atoms with Crippen LogP contribution < -0.4 is 10.1 Å². The summed E-state index contributed by atoms with van der Waals surface area (Å²) in [5.41, 5.74) is 2.64. The Morgan fingerprint density at radius 3 is 2.82 bits per heavy atom. The topological polar surface area (TPSA) is 65.4 Å². The van der Waals surface area contributed by atoms with Crippen molar-refractivity contribution in [1.29, 1.82) is 0 Å². The standard InChI is InChI=1S/C22H25N3O3/c1-22(2)12-17(15-8-4-7-11-19(15)28-22)24-21(26)14-27-13-20-23-16-9-5-6-10-18(16)25(20)3/h4-11,17H,12-14H2,1-3H3,(H,24,26). The molecule has 1 aliphatic rings. The van der Waals surface area contributed by atoms with Gasteiger partial charge in [-0.1, -0.05) is 30.3 Å². The average Bonchev–Trinajstić information content (AvgIpc) is 2.97. The maximum absolute atomic E-state index is 12.5. The van der Waals surface area contributed by atoms with Crippen LogP contribution in [0.1, 0.15) is 37.7 Å². The van der Waals surface area contributed by atoms with Crippen molar-refractivity contribution in [2.45, 2.75) is 38.5 Å². The Labute approximate surface area is 164 Å². The molecule has 0 saturated carbocycles. The molecular formula is C22H25N3O3. The van der Waals surface area contributed by atoms with Crippen LogP contribution in [0.25, 0.3) is 11.0 Å². The van der Waals surface area contributed by atoms with E-state index in [-0.39, 0.29) is 30.8 Å². The fraction of sp³-hybridized carbons (Fsp3) is 0.364. The summed E-state index contributed by atoms with van der Waals surface area (Å²) in [5, 5.41) is 3.09. The third-order valence-electron chi connectivity index (χ3n) is 5.06. The normalized spacial score (nSPS) is 17.8. The molecule has 1 atom stereocenters. The highest BCUT2D eigenvalue weighted by Crippen LogP contribution is 2.39. The number of hydrogen-bond donors (Lipinski definition) is 1. The van der Waals surface area contributed by atoms with Crippen molar-refractivity contribution in [3.8, 4) is 5.75 Å². The summed E-state index contributed by atoms with van der Waals surface area (Å²) in [6.07, 6.45) is 0.709. The van der Waals surface area contributed by atoms with E-state index in [1.807, 2.05) is 74.0 Å². The van der Waals surface area contributed by atoms with E-state index in [1.165, 1.54) is 0 Å². The van der Waals surface area contributed by atoms with Gasteiger partial charge in [0.05, 0.1) is 17.1 Å². The minimum Gasteiger partial charge on any atom is -0.487 e. The second-order valence-corrected chi connectivity index (χ2v) is 7.79. The maximum Gasteiger partial charge on any atom is 0.246 e. The SMILES string of the molecule is Cn1c(COCC(=O)NC2CC(C)(C)Oc3ccccc32)nc2ccccc21. The van der Waals surface area contributed by atoms with Gasteiger partial charge in [-0.15, -0.1) is 0 Å². The molecule has 3 aromatic rings. The lowest BCUT2D eigenvalue weighted by atomic mass is 9.90. The molecule has 6 nitrogen and oxygen atoms in total. The van der Waals surface area contributed by atoms with Crippen LogP contribution in [-0.4, -0.2) is 27.7 Å². The number of amides is 1. The van der Waals surface area contributed by atoms with Gasteiger partial charge in [0.1, 0.15) is 30.4 Å². The lowest BCUT2D eigenvalue weighted by Crippen LogP contribution is -2.42. The number of hydrogen-bond acceptors (Lipinski definition) is 4. The van der Waals surface area contributed by atoms with Gasteiger partial charge in [0.15, 0.2) is 0 Å². The van der Waals surface area contributed by atoms with Gasteiger partial charge in [-0.05, 0) is 32.0 Å². The summed E-state index contributed by atoms with van der Waals surface area (Å²) in [5.74, 6) is 1.48. The second-order valence-electron chi connectivity index (χ2n) is 7.79. The van der Waals surface area contributed by atoms with E-state index in [0.29, 0.717) is 6.42 Å². The van der Waals surface area contributed by atoms with Gasteiger partial charge in [0, 0.05) is 19.0 Å². The molecule has 1 unspecified atom stereocenters. The molecule has 0 saturated heterocycles. The molecule has 0 fully saturated rings. The number of nitrogens with zero attached hydrogens (tertiary/aromatic N) is 2. The zero-order valence-electron chi connectivity index (χ0n) is 16.4. The number of para-hydroxylation sites is 3. The summed E-state index contributed by atoms with van der Waals surface area (Å²) in [6, 6.07) is 15.7. The Bertz CT molecular complexity index is 1010. The molecule has 0 spiro atoms. The molecule has 2 heterocycles. The van der Waals surface area contributed by atoms with Crippen molar-refractivity contribution in [2.75, 3.05) is 6.61 Å². The highest BCUT2D eigenvalue weighted by molar-refractivity contribution is 5.78. The molecule has 1 aliphatic heterocycles. The molecule has 2 aromatic carbocycles. The third-order valence-corrected chi connectivity index (χ3v) is 5.06. The minimum atomic E-state index is -0.333. The van der Waals surface area contributed by atoms with Crippen LogP contribution in [0.3, 0.4) is 0 Å². The van der Waals surface area contributed by atoms with Crippen molar-refractivity contribution >= 4 is 16.9 Å².